The van der Waals surface area contributed by atoms with Gasteiger partial charge in [0.1, 0.15) is 4.88 Å². The Morgan fingerprint density at radius 3 is 2.81 bits per heavy atom. The number of methoxy groups -OCH3 is 1. The molecule has 0 amide bonds. The molecule has 110 valence electrons. The van der Waals surface area contributed by atoms with Gasteiger partial charge in [-0.1, -0.05) is 41.6 Å². The van der Waals surface area contributed by atoms with E-state index in [9.17, 15) is 4.79 Å². The largest absolute Gasteiger partial charge is 0.465 e. The van der Waals surface area contributed by atoms with Gasteiger partial charge in [0.15, 0.2) is 0 Å². The van der Waals surface area contributed by atoms with E-state index in [0.717, 1.165) is 26.8 Å². The maximum atomic E-state index is 11.5. The van der Waals surface area contributed by atoms with E-state index in [4.69, 9.17) is 4.74 Å². The third kappa shape index (κ3) is 3.54. The number of ether oxygens (including phenoxy) is 1. The number of esters is 1. The lowest BCUT2D eigenvalue weighted by atomic mass is 10.1. The third-order valence-electron chi connectivity index (χ3n) is 3.06. The van der Waals surface area contributed by atoms with Crippen LogP contribution in [0.1, 0.15) is 28.7 Å². The predicted molar refractivity (Wildman–Crippen MR) is 93.0 cm³/mol. The molecule has 2 aromatic heterocycles. The van der Waals surface area contributed by atoms with Crippen molar-refractivity contribution in [3.8, 4) is 0 Å². The smallest absolute Gasteiger partial charge is 0.348 e. The second-order valence-corrected chi connectivity index (χ2v) is 6.36. The summed E-state index contributed by atoms with van der Waals surface area (Å²) in [6, 6.07) is 3.90. The van der Waals surface area contributed by atoms with E-state index in [2.05, 4.69) is 46.6 Å². The molecule has 0 unspecified atom stereocenters. The van der Waals surface area contributed by atoms with E-state index in [1.807, 2.05) is 12.1 Å². The SMILES string of the molecule is C=C/C(Br)=C\C=C(/CC)c1cc2sc(C(=O)OC)cc2[nH]1. The topological polar surface area (TPSA) is 42.1 Å². The average Bonchev–Trinajstić information content (AvgIpc) is 3.05. The first-order chi connectivity index (χ1) is 10.1. The molecule has 2 rings (SSSR count). The number of H-pyrrole nitrogens is 1. The summed E-state index contributed by atoms with van der Waals surface area (Å²) in [5.41, 5.74) is 3.22. The molecule has 2 heterocycles. The molecule has 0 saturated heterocycles. The molecule has 21 heavy (non-hydrogen) atoms. The van der Waals surface area contributed by atoms with Crippen LogP contribution in [0.15, 0.2) is 41.4 Å². The van der Waals surface area contributed by atoms with Gasteiger partial charge in [-0.2, -0.15) is 0 Å². The number of carbonyl (C=O) groups is 1. The average molecular weight is 366 g/mol. The fourth-order valence-corrected chi connectivity index (χ4v) is 3.05. The number of fused-ring (bicyclic) bond motifs is 1. The van der Waals surface area contributed by atoms with Crippen LogP contribution in [0.2, 0.25) is 0 Å². The highest BCUT2D eigenvalue weighted by Gasteiger charge is 2.13. The normalized spacial score (nSPS) is 12.7. The van der Waals surface area contributed by atoms with Crippen LogP contribution in [0.25, 0.3) is 15.8 Å². The van der Waals surface area contributed by atoms with Crippen molar-refractivity contribution in [2.24, 2.45) is 0 Å². The molecule has 0 saturated carbocycles. The van der Waals surface area contributed by atoms with Gasteiger partial charge < -0.3 is 9.72 Å². The first kappa shape index (κ1) is 15.8. The predicted octanol–water partition coefficient (Wildman–Crippen LogP) is 5.27. The Bertz CT molecular complexity index is 705. The summed E-state index contributed by atoms with van der Waals surface area (Å²) in [4.78, 5) is 15.5. The molecule has 0 radical (unpaired) electrons. The Hall–Kier alpha value is -1.59. The highest BCUT2D eigenvalue weighted by molar-refractivity contribution is 9.11. The van der Waals surface area contributed by atoms with Crippen molar-refractivity contribution >= 4 is 49.0 Å². The van der Waals surface area contributed by atoms with Gasteiger partial charge in [0, 0.05) is 10.2 Å². The number of hydrogen-bond donors (Lipinski definition) is 1. The summed E-state index contributed by atoms with van der Waals surface area (Å²) >= 11 is 4.84. The Labute approximate surface area is 136 Å². The van der Waals surface area contributed by atoms with E-state index < -0.39 is 0 Å². The fourth-order valence-electron chi connectivity index (χ4n) is 1.94. The number of allylic oxidation sites excluding steroid dienone is 5. The van der Waals surface area contributed by atoms with Crippen molar-refractivity contribution in [2.75, 3.05) is 7.11 Å². The number of aromatic amines is 1. The van der Waals surface area contributed by atoms with Gasteiger partial charge in [-0.05, 0) is 30.2 Å². The van der Waals surface area contributed by atoms with Crippen LogP contribution in [0.4, 0.5) is 0 Å². The molecule has 0 spiro atoms. The Kier molecular flexibility index (Phi) is 5.20. The molecular formula is C16H16BrNO2S. The summed E-state index contributed by atoms with van der Waals surface area (Å²) in [6.45, 7) is 5.81. The van der Waals surface area contributed by atoms with E-state index >= 15 is 0 Å². The quantitative estimate of drug-likeness (QED) is 0.578. The third-order valence-corrected chi connectivity index (χ3v) is 4.71. The minimum absolute atomic E-state index is 0.296. The molecule has 0 aliphatic heterocycles. The van der Waals surface area contributed by atoms with Gasteiger partial charge in [0.05, 0.1) is 17.3 Å². The second-order valence-electron chi connectivity index (χ2n) is 4.36. The summed E-state index contributed by atoms with van der Waals surface area (Å²) in [7, 11) is 1.39. The Morgan fingerprint density at radius 1 is 1.48 bits per heavy atom. The summed E-state index contributed by atoms with van der Waals surface area (Å²) in [6.07, 6.45) is 6.69. The Morgan fingerprint density at radius 2 is 2.24 bits per heavy atom. The molecule has 3 nitrogen and oxygen atoms in total. The first-order valence-electron chi connectivity index (χ1n) is 6.49. The van der Waals surface area contributed by atoms with E-state index in [1.165, 1.54) is 24.0 Å². The van der Waals surface area contributed by atoms with Gasteiger partial charge >= 0.3 is 5.97 Å². The summed E-state index contributed by atoms with van der Waals surface area (Å²) in [5.74, 6) is -0.296. The minimum atomic E-state index is -0.296. The second kappa shape index (κ2) is 6.91. The van der Waals surface area contributed by atoms with E-state index in [-0.39, 0.29) is 5.97 Å². The lowest BCUT2D eigenvalue weighted by Gasteiger charge is -2.00. The van der Waals surface area contributed by atoms with Gasteiger partial charge in [0.25, 0.3) is 0 Å². The van der Waals surface area contributed by atoms with Gasteiger partial charge in [-0.15, -0.1) is 11.3 Å². The van der Waals surface area contributed by atoms with E-state index in [1.54, 1.807) is 6.08 Å². The first-order valence-corrected chi connectivity index (χ1v) is 8.10. The number of carbonyl (C=O) groups excluding carboxylic acids is 1. The molecule has 0 atom stereocenters. The van der Waals surface area contributed by atoms with Crippen molar-refractivity contribution < 1.29 is 9.53 Å². The van der Waals surface area contributed by atoms with Crippen LogP contribution in [-0.4, -0.2) is 18.1 Å². The van der Waals surface area contributed by atoms with Gasteiger partial charge in [0.2, 0.25) is 0 Å². The number of rotatable bonds is 5. The number of aromatic nitrogens is 1. The standard InChI is InChI=1S/C16H16BrNO2S/c1-4-10(6-7-11(17)5-2)12-8-14-13(18-12)9-15(21-14)16(19)20-3/h5-9,18H,2,4H2,1,3H3/b10-6+,11-7+. The molecule has 0 aliphatic rings. The number of thiophene rings is 1. The molecule has 0 bridgehead atoms. The maximum Gasteiger partial charge on any atom is 0.348 e. The fraction of sp³-hybridized carbons (Fsp3) is 0.188. The lowest BCUT2D eigenvalue weighted by Crippen LogP contribution is -1.96. The molecule has 2 aromatic rings. The zero-order valence-corrected chi connectivity index (χ0v) is 14.3. The molecular weight excluding hydrogens is 350 g/mol. The van der Waals surface area contributed by atoms with Crippen molar-refractivity contribution in [1.82, 2.24) is 4.98 Å². The number of halogens is 1. The van der Waals surface area contributed by atoms with Crippen LogP contribution in [0.5, 0.6) is 0 Å². The van der Waals surface area contributed by atoms with Crippen LogP contribution in [0, 0.1) is 0 Å². The summed E-state index contributed by atoms with van der Waals surface area (Å²) < 4.78 is 6.73. The molecule has 0 aromatic carbocycles. The number of hydrogen-bond acceptors (Lipinski definition) is 3. The van der Waals surface area contributed by atoms with Crippen LogP contribution in [0.3, 0.4) is 0 Å². The minimum Gasteiger partial charge on any atom is -0.465 e. The van der Waals surface area contributed by atoms with Crippen molar-refractivity contribution in [1.29, 1.82) is 0 Å². The highest BCUT2D eigenvalue weighted by Crippen LogP contribution is 2.30. The Balaban J connectivity index is 2.35. The van der Waals surface area contributed by atoms with Crippen molar-refractivity contribution in [2.45, 2.75) is 13.3 Å². The monoisotopic (exact) mass is 365 g/mol. The van der Waals surface area contributed by atoms with Gasteiger partial charge in [-0.3, -0.25) is 0 Å². The van der Waals surface area contributed by atoms with Gasteiger partial charge in [-0.25, -0.2) is 4.79 Å². The van der Waals surface area contributed by atoms with Crippen LogP contribution >= 0.6 is 27.3 Å². The van der Waals surface area contributed by atoms with E-state index in [0.29, 0.717) is 4.88 Å². The zero-order chi connectivity index (χ0) is 15.4. The maximum absolute atomic E-state index is 11.5. The molecule has 5 heteroatoms. The lowest BCUT2D eigenvalue weighted by molar-refractivity contribution is 0.0606. The number of nitrogens with one attached hydrogen (secondary N) is 1. The molecule has 0 fully saturated rings. The molecule has 0 aliphatic carbocycles. The molecule has 1 N–H and O–H groups in total. The van der Waals surface area contributed by atoms with Crippen molar-refractivity contribution in [3.63, 3.8) is 0 Å². The van der Waals surface area contributed by atoms with Crippen LogP contribution < -0.4 is 0 Å². The highest BCUT2D eigenvalue weighted by atomic mass is 79.9. The zero-order valence-electron chi connectivity index (χ0n) is 11.9. The van der Waals surface area contributed by atoms with Crippen LogP contribution in [-0.2, 0) is 4.74 Å². The van der Waals surface area contributed by atoms with Crippen molar-refractivity contribution in [3.05, 3.63) is 52.0 Å². The summed E-state index contributed by atoms with van der Waals surface area (Å²) in [5, 5.41) is 0.